The number of hydrogen-bond acceptors (Lipinski definition) is 6. The second kappa shape index (κ2) is 9.17. The molecule has 0 saturated carbocycles. The summed E-state index contributed by atoms with van der Waals surface area (Å²) in [5.41, 5.74) is 1.83. The zero-order valence-corrected chi connectivity index (χ0v) is 19.1. The van der Waals surface area contributed by atoms with E-state index in [-0.39, 0.29) is 10.7 Å². The standard InChI is InChI=1S/C24H27N3O5S/c28-24(23-16-18-6-2-3-7-22(18)32-23)25-20-17-19(33(29,30)27-10-4-1-5-11-27)8-9-21(20)26-12-14-31-15-13-26/h2-3,6-9,16-17H,1,4-5,10-15H2,(H,25,28). The Morgan fingerprint density at radius 2 is 1.67 bits per heavy atom. The quantitative estimate of drug-likeness (QED) is 0.613. The number of amides is 1. The Labute approximate surface area is 193 Å². The summed E-state index contributed by atoms with van der Waals surface area (Å²) in [6.07, 6.45) is 2.77. The fourth-order valence-electron chi connectivity index (χ4n) is 4.39. The maximum atomic E-state index is 13.3. The van der Waals surface area contributed by atoms with Crippen molar-refractivity contribution in [3.63, 3.8) is 0 Å². The average molecular weight is 470 g/mol. The van der Waals surface area contributed by atoms with Crippen LogP contribution in [0.5, 0.6) is 0 Å². The zero-order valence-electron chi connectivity index (χ0n) is 18.3. The first-order chi connectivity index (χ1) is 16.0. The molecular formula is C24H27N3O5S. The summed E-state index contributed by atoms with van der Waals surface area (Å²) in [7, 11) is -3.64. The van der Waals surface area contributed by atoms with Crippen molar-refractivity contribution >= 4 is 38.3 Å². The Morgan fingerprint density at radius 3 is 2.42 bits per heavy atom. The highest BCUT2D eigenvalue weighted by molar-refractivity contribution is 7.89. The Bertz CT molecular complexity index is 1230. The molecule has 174 valence electrons. The Balaban J connectivity index is 1.49. The van der Waals surface area contributed by atoms with Crippen LogP contribution in [0, 0.1) is 0 Å². The molecule has 1 amide bonds. The van der Waals surface area contributed by atoms with Gasteiger partial charge in [-0.1, -0.05) is 24.6 Å². The minimum absolute atomic E-state index is 0.174. The lowest BCUT2D eigenvalue weighted by Gasteiger charge is -2.31. The van der Waals surface area contributed by atoms with Gasteiger partial charge in [0.2, 0.25) is 10.0 Å². The van der Waals surface area contributed by atoms with E-state index in [9.17, 15) is 13.2 Å². The lowest BCUT2D eigenvalue weighted by molar-refractivity contribution is 0.0998. The number of rotatable bonds is 5. The predicted molar refractivity (Wildman–Crippen MR) is 126 cm³/mol. The summed E-state index contributed by atoms with van der Waals surface area (Å²) in [6.45, 7) is 3.51. The van der Waals surface area contributed by atoms with Gasteiger partial charge in [-0.2, -0.15) is 4.31 Å². The van der Waals surface area contributed by atoms with E-state index >= 15 is 0 Å². The first-order valence-corrected chi connectivity index (χ1v) is 12.7. The molecular weight excluding hydrogens is 442 g/mol. The number of piperidine rings is 1. The normalized spacial score (nSPS) is 17.9. The van der Waals surface area contributed by atoms with Gasteiger partial charge in [-0.3, -0.25) is 4.79 Å². The van der Waals surface area contributed by atoms with Crippen LogP contribution in [0.25, 0.3) is 11.0 Å². The van der Waals surface area contributed by atoms with Crippen LogP contribution in [0.15, 0.2) is 57.8 Å². The van der Waals surface area contributed by atoms with Gasteiger partial charge in [0.15, 0.2) is 5.76 Å². The fraction of sp³-hybridized carbons (Fsp3) is 0.375. The lowest BCUT2D eigenvalue weighted by Crippen LogP contribution is -2.37. The molecule has 0 spiro atoms. The van der Waals surface area contributed by atoms with E-state index in [4.69, 9.17) is 9.15 Å². The van der Waals surface area contributed by atoms with Crippen molar-refractivity contribution in [2.75, 3.05) is 49.6 Å². The van der Waals surface area contributed by atoms with E-state index in [0.29, 0.717) is 50.7 Å². The number of ether oxygens (including phenoxy) is 1. The molecule has 9 heteroatoms. The topological polar surface area (TPSA) is 92.1 Å². The molecule has 2 aliphatic rings. The predicted octanol–water partition coefficient (Wildman–Crippen LogP) is 3.70. The number of sulfonamides is 1. The first kappa shape index (κ1) is 21.9. The number of fused-ring (bicyclic) bond motifs is 1. The molecule has 8 nitrogen and oxygen atoms in total. The van der Waals surface area contributed by atoms with Gasteiger partial charge >= 0.3 is 0 Å². The third kappa shape index (κ3) is 4.48. The summed E-state index contributed by atoms with van der Waals surface area (Å²) in [5, 5.41) is 3.73. The number of para-hydroxylation sites is 1. The van der Waals surface area contributed by atoms with Crippen molar-refractivity contribution in [1.82, 2.24) is 4.31 Å². The molecule has 0 radical (unpaired) electrons. The second-order valence-electron chi connectivity index (χ2n) is 8.35. The van der Waals surface area contributed by atoms with E-state index in [2.05, 4.69) is 10.2 Å². The third-order valence-corrected chi connectivity index (χ3v) is 8.06. The molecule has 2 aliphatic heterocycles. The number of nitrogens with zero attached hydrogens (tertiary/aromatic N) is 2. The molecule has 2 aromatic carbocycles. The minimum Gasteiger partial charge on any atom is -0.451 e. The van der Waals surface area contributed by atoms with Gasteiger partial charge < -0.3 is 19.4 Å². The van der Waals surface area contributed by atoms with Crippen LogP contribution in [0.4, 0.5) is 11.4 Å². The number of anilines is 2. The number of carbonyl (C=O) groups is 1. The minimum atomic E-state index is -3.64. The number of carbonyl (C=O) groups excluding carboxylic acids is 1. The molecule has 5 rings (SSSR count). The van der Waals surface area contributed by atoms with Crippen molar-refractivity contribution in [2.45, 2.75) is 24.2 Å². The van der Waals surface area contributed by atoms with Crippen molar-refractivity contribution in [3.8, 4) is 0 Å². The van der Waals surface area contributed by atoms with Crippen LogP contribution in [-0.4, -0.2) is 58.0 Å². The van der Waals surface area contributed by atoms with Gasteiger partial charge in [-0.05, 0) is 43.2 Å². The summed E-state index contributed by atoms with van der Waals surface area (Å²) >= 11 is 0. The second-order valence-corrected chi connectivity index (χ2v) is 10.3. The molecule has 3 heterocycles. The third-order valence-electron chi connectivity index (χ3n) is 6.17. The first-order valence-electron chi connectivity index (χ1n) is 11.3. The van der Waals surface area contributed by atoms with Crippen LogP contribution in [0.2, 0.25) is 0 Å². The molecule has 2 saturated heterocycles. The van der Waals surface area contributed by atoms with Crippen molar-refractivity contribution in [3.05, 3.63) is 54.3 Å². The van der Waals surface area contributed by atoms with Gasteiger partial charge in [0.1, 0.15) is 5.58 Å². The number of nitrogens with one attached hydrogen (secondary N) is 1. The van der Waals surface area contributed by atoms with E-state index < -0.39 is 15.9 Å². The SMILES string of the molecule is O=C(Nc1cc(S(=O)(=O)N2CCCCC2)ccc1N1CCOCC1)c1cc2ccccc2o1. The Morgan fingerprint density at radius 1 is 0.909 bits per heavy atom. The van der Waals surface area contributed by atoms with Crippen molar-refractivity contribution in [2.24, 2.45) is 0 Å². The van der Waals surface area contributed by atoms with Crippen molar-refractivity contribution < 1.29 is 22.4 Å². The molecule has 2 fully saturated rings. The molecule has 33 heavy (non-hydrogen) atoms. The van der Waals surface area contributed by atoms with E-state index in [1.165, 1.54) is 4.31 Å². The highest BCUT2D eigenvalue weighted by atomic mass is 32.2. The van der Waals surface area contributed by atoms with Crippen LogP contribution in [-0.2, 0) is 14.8 Å². The highest BCUT2D eigenvalue weighted by Crippen LogP contribution is 2.32. The van der Waals surface area contributed by atoms with E-state index in [0.717, 1.165) is 30.3 Å². The maximum absolute atomic E-state index is 13.3. The average Bonchev–Trinajstić information content (AvgIpc) is 3.30. The molecule has 0 bridgehead atoms. The molecule has 1 N–H and O–H groups in total. The molecule has 3 aromatic rings. The van der Waals surface area contributed by atoms with E-state index in [1.807, 2.05) is 18.2 Å². The maximum Gasteiger partial charge on any atom is 0.291 e. The molecule has 0 aliphatic carbocycles. The van der Waals surface area contributed by atoms with Crippen LogP contribution in [0.1, 0.15) is 29.8 Å². The summed E-state index contributed by atoms with van der Waals surface area (Å²) < 4.78 is 39.2. The van der Waals surface area contributed by atoms with Crippen LogP contribution < -0.4 is 10.2 Å². The number of hydrogen-bond donors (Lipinski definition) is 1. The molecule has 0 atom stereocenters. The van der Waals surface area contributed by atoms with Gasteiger partial charge in [0, 0.05) is 31.6 Å². The number of benzene rings is 2. The van der Waals surface area contributed by atoms with Gasteiger partial charge in [-0.25, -0.2) is 8.42 Å². The largest absolute Gasteiger partial charge is 0.451 e. The van der Waals surface area contributed by atoms with Crippen molar-refractivity contribution in [1.29, 1.82) is 0 Å². The monoisotopic (exact) mass is 469 g/mol. The van der Waals surface area contributed by atoms with Gasteiger partial charge in [0.25, 0.3) is 5.91 Å². The fourth-order valence-corrected chi connectivity index (χ4v) is 5.93. The summed E-state index contributed by atoms with van der Waals surface area (Å²) in [4.78, 5) is 15.3. The molecule has 1 aromatic heterocycles. The summed E-state index contributed by atoms with van der Waals surface area (Å²) in [6, 6.07) is 14.1. The lowest BCUT2D eigenvalue weighted by atomic mass is 10.2. The van der Waals surface area contributed by atoms with Crippen LogP contribution >= 0.6 is 0 Å². The van der Waals surface area contributed by atoms with Gasteiger partial charge in [0.05, 0.1) is 29.5 Å². The smallest absolute Gasteiger partial charge is 0.291 e. The van der Waals surface area contributed by atoms with E-state index in [1.54, 1.807) is 30.3 Å². The Hall–Kier alpha value is -2.88. The Kier molecular flexibility index (Phi) is 6.09. The molecule has 0 unspecified atom stereocenters. The summed E-state index contributed by atoms with van der Waals surface area (Å²) in [5.74, 6) is -0.248. The van der Waals surface area contributed by atoms with Crippen LogP contribution in [0.3, 0.4) is 0 Å². The number of furan rings is 1. The number of morpholine rings is 1. The highest BCUT2D eigenvalue weighted by Gasteiger charge is 2.28. The van der Waals surface area contributed by atoms with Gasteiger partial charge in [-0.15, -0.1) is 0 Å². The zero-order chi connectivity index (χ0) is 22.8.